The van der Waals surface area contributed by atoms with Crippen LogP contribution in [0.2, 0.25) is 0 Å². The van der Waals surface area contributed by atoms with Crippen LogP contribution in [0.25, 0.3) is 11.1 Å². The van der Waals surface area contributed by atoms with Crippen LogP contribution in [0.3, 0.4) is 0 Å². The quantitative estimate of drug-likeness (QED) is 0.935. The smallest absolute Gasteiger partial charge is 0.497 e. The summed E-state index contributed by atoms with van der Waals surface area (Å²) in [5.41, 5.74) is 7.35. The lowest BCUT2D eigenvalue weighted by Crippen LogP contribution is -2.18. The van der Waals surface area contributed by atoms with Gasteiger partial charge in [-0.05, 0) is 35.4 Å². The molecule has 0 fully saturated rings. The number of halogens is 3. The highest BCUT2D eigenvalue weighted by molar-refractivity contribution is 5.67. The van der Waals surface area contributed by atoms with Crippen molar-refractivity contribution in [2.24, 2.45) is 5.73 Å². The minimum atomic E-state index is -4.73. The highest BCUT2D eigenvalue weighted by Crippen LogP contribution is 2.31. The van der Waals surface area contributed by atoms with Crippen molar-refractivity contribution in [2.75, 3.05) is 7.11 Å². The van der Waals surface area contributed by atoms with Gasteiger partial charge in [-0.1, -0.05) is 18.2 Å². The van der Waals surface area contributed by atoms with Crippen molar-refractivity contribution >= 4 is 0 Å². The van der Waals surface area contributed by atoms with Gasteiger partial charge in [0.15, 0.2) is 0 Å². The first-order valence-corrected chi connectivity index (χ1v) is 6.16. The highest BCUT2D eigenvalue weighted by atomic mass is 19.4. The fourth-order valence-electron chi connectivity index (χ4n) is 1.95. The first kappa shape index (κ1) is 15.2. The Bertz CT molecular complexity index is 627. The zero-order valence-corrected chi connectivity index (χ0v) is 11.3. The Hall–Kier alpha value is -2.21. The van der Waals surface area contributed by atoms with Gasteiger partial charge >= 0.3 is 6.36 Å². The molecule has 0 heterocycles. The molecule has 0 saturated carbocycles. The second kappa shape index (κ2) is 6.05. The third-order valence-electron chi connectivity index (χ3n) is 2.91. The lowest BCUT2D eigenvalue weighted by atomic mass is 10.0. The van der Waals surface area contributed by atoms with E-state index in [9.17, 15) is 13.2 Å². The molecule has 0 spiro atoms. The molecule has 0 saturated heterocycles. The summed E-state index contributed by atoms with van der Waals surface area (Å²) in [5.74, 6) is 0.383. The van der Waals surface area contributed by atoms with Gasteiger partial charge in [0.25, 0.3) is 0 Å². The minimum absolute atomic E-state index is 0.0524. The normalized spacial score (nSPS) is 11.3. The van der Waals surface area contributed by atoms with Gasteiger partial charge in [0.05, 0.1) is 7.11 Å². The molecule has 0 atom stereocenters. The molecule has 2 aromatic carbocycles. The molecule has 112 valence electrons. The van der Waals surface area contributed by atoms with Crippen molar-refractivity contribution in [3.05, 3.63) is 48.0 Å². The van der Waals surface area contributed by atoms with Crippen molar-refractivity contribution < 1.29 is 22.6 Å². The Kier molecular flexibility index (Phi) is 4.37. The molecular weight excluding hydrogens is 283 g/mol. The van der Waals surface area contributed by atoms with E-state index in [0.29, 0.717) is 5.75 Å². The number of hydrogen-bond donors (Lipinski definition) is 1. The number of hydrogen-bond acceptors (Lipinski definition) is 3. The van der Waals surface area contributed by atoms with E-state index < -0.39 is 6.36 Å². The van der Waals surface area contributed by atoms with Gasteiger partial charge in [-0.3, -0.25) is 0 Å². The van der Waals surface area contributed by atoms with E-state index in [1.807, 2.05) is 6.07 Å². The number of nitrogens with two attached hydrogens (primary N) is 1. The Morgan fingerprint density at radius 1 is 1.05 bits per heavy atom. The maximum absolute atomic E-state index is 12.3. The van der Waals surface area contributed by atoms with Crippen LogP contribution in [0.15, 0.2) is 42.5 Å². The van der Waals surface area contributed by atoms with Crippen LogP contribution in [0, 0.1) is 0 Å². The molecule has 0 unspecified atom stereocenters. The molecule has 0 amide bonds. The van der Waals surface area contributed by atoms with Crippen molar-refractivity contribution in [3.63, 3.8) is 0 Å². The Morgan fingerprint density at radius 3 is 2.38 bits per heavy atom. The van der Waals surface area contributed by atoms with Crippen molar-refractivity contribution in [1.82, 2.24) is 0 Å². The van der Waals surface area contributed by atoms with Crippen LogP contribution in [0.1, 0.15) is 5.56 Å². The van der Waals surface area contributed by atoms with Crippen LogP contribution in [0.4, 0.5) is 13.2 Å². The monoisotopic (exact) mass is 297 g/mol. The Labute approximate surface area is 120 Å². The Balaban J connectivity index is 2.38. The summed E-state index contributed by atoms with van der Waals surface area (Å²) < 4.78 is 46.0. The fourth-order valence-corrected chi connectivity index (χ4v) is 1.95. The summed E-state index contributed by atoms with van der Waals surface area (Å²) in [6, 6.07) is 11.6. The molecule has 6 heteroatoms. The molecule has 0 aliphatic heterocycles. The van der Waals surface area contributed by atoms with Crippen LogP contribution in [0.5, 0.6) is 11.5 Å². The van der Waals surface area contributed by atoms with E-state index in [-0.39, 0.29) is 17.9 Å². The van der Waals surface area contributed by atoms with Gasteiger partial charge in [0, 0.05) is 12.1 Å². The summed E-state index contributed by atoms with van der Waals surface area (Å²) >= 11 is 0. The minimum Gasteiger partial charge on any atom is -0.497 e. The topological polar surface area (TPSA) is 44.5 Å². The second-order valence-corrected chi connectivity index (χ2v) is 4.31. The molecule has 0 aliphatic rings. The third-order valence-corrected chi connectivity index (χ3v) is 2.91. The summed E-state index contributed by atoms with van der Waals surface area (Å²) in [7, 11) is 1.55. The number of ether oxygens (including phenoxy) is 2. The van der Waals surface area contributed by atoms with E-state index in [1.54, 1.807) is 37.4 Å². The fraction of sp³-hybridized carbons (Fsp3) is 0.200. The van der Waals surface area contributed by atoms with Crippen molar-refractivity contribution in [1.29, 1.82) is 0 Å². The standard InChI is InChI=1S/C15H14F3NO2/c1-20-13-4-2-3-10(8-13)11-5-6-14(12(7-11)9-19)21-15(16,17)18/h2-8H,9,19H2,1H3. The average Bonchev–Trinajstić information content (AvgIpc) is 2.46. The van der Waals surface area contributed by atoms with Crippen molar-refractivity contribution in [2.45, 2.75) is 12.9 Å². The van der Waals surface area contributed by atoms with Crippen LogP contribution < -0.4 is 15.2 Å². The van der Waals surface area contributed by atoms with Gasteiger partial charge in [-0.25, -0.2) is 0 Å². The maximum atomic E-state index is 12.3. The number of methoxy groups -OCH3 is 1. The molecule has 0 radical (unpaired) electrons. The van der Waals surface area contributed by atoms with E-state index in [1.165, 1.54) is 6.07 Å². The molecule has 0 aromatic heterocycles. The maximum Gasteiger partial charge on any atom is 0.573 e. The molecular formula is C15H14F3NO2. The van der Waals surface area contributed by atoms with Gasteiger partial charge in [0.2, 0.25) is 0 Å². The van der Waals surface area contributed by atoms with Gasteiger partial charge in [-0.15, -0.1) is 13.2 Å². The predicted octanol–water partition coefficient (Wildman–Crippen LogP) is 3.72. The lowest BCUT2D eigenvalue weighted by molar-refractivity contribution is -0.274. The highest BCUT2D eigenvalue weighted by Gasteiger charge is 2.32. The van der Waals surface area contributed by atoms with Crippen LogP contribution in [-0.2, 0) is 6.54 Å². The molecule has 2 N–H and O–H groups in total. The molecule has 0 aliphatic carbocycles. The second-order valence-electron chi connectivity index (χ2n) is 4.31. The SMILES string of the molecule is COc1cccc(-c2ccc(OC(F)(F)F)c(CN)c2)c1. The van der Waals surface area contributed by atoms with E-state index in [0.717, 1.165) is 11.1 Å². The Morgan fingerprint density at radius 2 is 1.76 bits per heavy atom. The molecule has 21 heavy (non-hydrogen) atoms. The molecule has 2 rings (SSSR count). The van der Waals surface area contributed by atoms with Crippen LogP contribution >= 0.6 is 0 Å². The van der Waals surface area contributed by atoms with Gasteiger partial charge in [-0.2, -0.15) is 0 Å². The number of benzene rings is 2. The number of alkyl halides is 3. The summed E-state index contributed by atoms with van der Waals surface area (Å²) in [6.45, 7) is -0.0524. The van der Waals surface area contributed by atoms with Gasteiger partial charge in [0.1, 0.15) is 11.5 Å². The molecule has 3 nitrogen and oxygen atoms in total. The van der Waals surface area contributed by atoms with Gasteiger partial charge < -0.3 is 15.2 Å². The third kappa shape index (κ3) is 3.88. The van der Waals surface area contributed by atoms with E-state index in [4.69, 9.17) is 10.5 Å². The predicted molar refractivity (Wildman–Crippen MR) is 73.0 cm³/mol. The largest absolute Gasteiger partial charge is 0.573 e. The summed E-state index contributed by atoms with van der Waals surface area (Å²) in [5, 5.41) is 0. The molecule has 0 bridgehead atoms. The first-order valence-electron chi connectivity index (χ1n) is 6.16. The summed E-state index contributed by atoms with van der Waals surface area (Å²) in [6.07, 6.45) is -4.73. The zero-order valence-electron chi connectivity index (χ0n) is 11.3. The average molecular weight is 297 g/mol. The van der Waals surface area contributed by atoms with Crippen LogP contribution in [-0.4, -0.2) is 13.5 Å². The van der Waals surface area contributed by atoms with Crippen molar-refractivity contribution in [3.8, 4) is 22.6 Å². The van der Waals surface area contributed by atoms with E-state index >= 15 is 0 Å². The lowest BCUT2D eigenvalue weighted by Gasteiger charge is -2.14. The summed E-state index contributed by atoms with van der Waals surface area (Å²) in [4.78, 5) is 0. The van der Waals surface area contributed by atoms with E-state index in [2.05, 4.69) is 4.74 Å². The zero-order chi connectivity index (χ0) is 15.5. The molecule has 2 aromatic rings. The number of rotatable bonds is 4. The first-order chi connectivity index (χ1) is 9.93.